The van der Waals surface area contributed by atoms with E-state index in [1.54, 1.807) is 7.11 Å². The predicted molar refractivity (Wildman–Crippen MR) is 91.2 cm³/mol. The lowest BCUT2D eigenvalue weighted by molar-refractivity contribution is 0.415. The Bertz CT molecular complexity index is 760. The van der Waals surface area contributed by atoms with Gasteiger partial charge in [0.1, 0.15) is 23.2 Å². The van der Waals surface area contributed by atoms with E-state index >= 15 is 0 Å². The first-order chi connectivity index (χ1) is 11.2. The molecule has 0 spiro atoms. The van der Waals surface area contributed by atoms with Crippen LogP contribution < -0.4 is 10.5 Å². The summed E-state index contributed by atoms with van der Waals surface area (Å²) in [7, 11) is 1.65. The highest BCUT2D eigenvalue weighted by Crippen LogP contribution is 2.38. The monoisotopic (exact) mass is 307 g/mol. The van der Waals surface area contributed by atoms with Crippen LogP contribution in [0.1, 0.15) is 36.6 Å². The van der Waals surface area contributed by atoms with Crippen LogP contribution in [0.25, 0.3) is 11.1 Å². The van der Waals surface area contributed by atoms with Gasteiger partial charge in [-0.15, -0.1) is 0 Å². The van der Waals surface area contributed by atoms with E-state index in [-0.39, 0.29) is 0 Å². The number of pyridine rings is 1. The Morgan fingerprint density at radius 3 is 2.70 bits per heavy atom. The first kappa shape index (κ1) is 15.4. The lowest BCUT2D eigenvalue weighted by atomic mass is 9.80. The van der Waals surface area contributed by atoms with Crippen molar-refractivity contribution in [2.24, 2.45) is 5.92 Å². The average Bonchev–Trinajstić information content (AvgIpc) is 2.60. The number of aryl methyl sites for hydroxylation is 1. The van der Waals surface area contributed by atoms with Crippen molar-refractivity contribution in [1.29, 1.82) is 5.26 Å². The first-order valence-corrected chi connectivity index (χ1v) is 8.03. The van der Waals surface area contributed by atoms with Crippen molar-refractivity contribution in [3.63, 3.8) is 0 Å². The molecule has 1 aromatic carbocycles. The Morgan fingerprint density at radius 2 is 2.09 bits per heavy atom. The molecule has 0 fully saturated rings. The van der Waals surface area contributed by atoms with Gasteiger partial charge in [0, 0.05) is 11.3 Å². The molecular weight excluding hydrogens is 286 g/mol. The topological polar surface area (TPSA) is 71.9 Å². The molecule has 1 aliphatic rings. The third-order valence-corrected chi connectivity index (χ3v) is 4.76. The number of aromatic nitrogens is 1. The van der Waals surface area contributed by atoms with E-state index in [2.05, 4.69) is 18.0 Å². The lowest BCUT2D eigenvalue weighted by Crippen LogP contribution is -2.18. The van der Waals surface area contributed by atoms with Crippen molar-refractivity contribution in [3.05, 3.63) is 41.1 Å². The molecule has 2 N–H and O–H groups in total. The van der Waals surface area contributed by atoms with Crippen LogP contribution in [0, 0.1) is 17.2 Å². The fourth-order valence-electron chi connectivity index (χ4n) is 3.39. The van der Waals surface area contributed by atoms with Crippen LogP contribution in [-0.4, -0.2) is 12.1 Å². The summed E-state index contributed by atoms with van der Waals surface area (Å²) in [5, 5.41) is 9.59. The minimum atomic E-state index is 0.340. The summed E-state index contributed by atoms with van der Waals surface area (Å²) in [6, 6.07) is 10.1. The highest BCUT2D eigenvalue weighted by molar-refractivity contribution is 5.79. The third kappa shape index (κ3) is 2.75. The smallest absolute Gasteiger partial charge is 0.142 e. The molecule has 118 valence electrons. The quantitative estimate of drug-likeness (QED) is 0.938. The van der Waals surface area contributed by atoms with Crippen molar-refractivity contribution in [2.45, 2.75) is 32.6 Å². The zero-order chi connectivity index (χ0) is 16.4. The molecule has 0 radical (unpaired) electrons. The number of hydrogen-bond donors (Lipinski definition) is 1. The minimum absolute atomic E-state index is 0.340. The second kappa shape index (κ2) is 6.29. The third-order valence-electron chi connectivity index (χ3n) is 4.76. The minimum Gasteiger partial charge on any atom is -0.497 e. The number of methoxy groups -OCH3 is 1. The van der Waals surface area contributed by atoms with Gasteiger partial charge in [-0.3, -0.25) is 0 Å². The number of anilines is 1. The Hall–Kier alpha value is -2.54. The van der Waals surface area contributed by atoms with Crippen molar-refractivity contribution in [1.82, 2.24) is 4.98 Å². The van der Waals surface area contributed by atoms with Crippen molar-refractivity contribution >= 4 is 5.82 Å². The molecule has 1 atom stereocenters. The Balaban J connectivity index is 2.20. The molecule has 1 aromatic heterocycles. The van der Waals surface area contributed by atoms with Gasteiger partial charge in [0.05, 0.1) is 7.11 Å². The Labute approximate surface area is 136 Å². The second-order valence-electron chi connectivity index (χ2n) is 6.03. The molecule has 0 bridgehead atoms. The normalized spacial score (nSPS) is 16.5. The van der Waals surface area contributed by atoms with Gasteiger partial charge < -0.3 is 10.5 Å². The summed E-state index contributed by atoms with van der Waals surface area (Å²) < 4.78 is 5.23. The van der Waals surface area contributed by atoms with Gasteiger partial charge in [0.2, 0.25) is 0 Å². The molecule has 2 aromatic rings. The molecule has 1 aliphatic carbocycles. The fourth-order valence-corrected chi connectivity index (χ4v) is 3.39. The summed E-state index contributed by atoms with van der Waals surface area (Å²) in [4.78, 5) is 4.50. The molecule has 0 saturated heterocycles. The number of rotatable bonds is 3. The van der Waals surface area contributed by atoms with E-state index in [9.17, 15) is 5.26 Å². The average molecular weight is 307 g/mol. The number of hydrogen-bond acceptors (Lipinski definition) is 4. The maximum Gasteiger partial charge on any atom is 0.142 e. The number of ether oxygens (including phenoxy) is 1. The van der Waals surface area contributed by atoms with Gasteiger partial charge >= 0.3 is 0 Å². The highest BCUT2D eigenvalue weighted by atomic mass is 16.5. The van der Waals surface area contributed by atoms with Gasteiger partial charge in [-0.2, -0.15) is 5.26 Å². The SMILES string of the molecule is CCC1CCc2nc(N)c(C#N)c(-c3ccc(OC)cc3)c2C1. The van der Waals surface area contributed by atoms with Crippen LogP contribution in [-0.2, 0) is 12.8 Å². The molecule has 4 nitrogen and oxygen atoms in total. The maximum atomic E-state index is 9.59. The van der Waals surface area contributed by atoms with Crippen molar-refractivity contribution < 1.29 is 4.74 Å². The van der Waals surface area contributed by atoms with Crippen LogP contribution >= 0.6 is 0 Å². The zero-order valence-electron chi connectivity index (χ0n) is 13.6. The Morgan fingerprint density at radius 1 is 1.35 bits per heavy atom. The maximum absolute atomic E-state index is 9.59. The fraction of sp³-hybridized carbons (Fsp3) is 0.368. The van der Waals surface area contributed by atoms with Gasteiger partial charge in [-0.25, -0.2) is 4.98 Å². The zero-order valence-corrected chi connectivity index (χ0v) is 13.6. The molecule has 1 heterocycles. The molecule has 0 amide bonds. The van der Waals surface area contributed by atoms with Gasteiger partial charge in [0.15, 0.2) is 0 Å². The van der Waals surface area contributed by atoms with Crippen LogP contribution in [0.5, 0.6) is 5.75 Å². The molecule has 4 heteroatoms. The molecule has 23 heavy (non-hydrogen) atoms. The number of fused-ring (bicyclic) bond motifs is 1. The molecule has 3 rings (SSSR count). The number of nitrogen functional groups attached to an aromatic ring is 1. The van der Waals surface area contributed by atoms with E-state index in [4.69, 9.17) is 10.5 Å². The lowest BCUT2D eigenvalue weighted by Gasteiger charge is -2.26. The largest absolute Gasteiger partial charge is 0.497 e. The van der Waals surface area contributed by atoms with E-state index in [1.807, 2.05) is 24.3 Å². The van der Waals surface area contributed by atoms with E-state index in [1.165, 1.54) is 5.56 Å². The number of nitriles is 1. The van der Waals surface area contributed by atoms with Crippen LogP contribution in [0.3, 0.4) is 0 Å². The van der Waals surface area contributed by atoms with Gasteiger partial charge in [-0.1, -0.05) is 25.5 Å². The van der Waals surface area contributed by atoms with Gasteiger partial charge in [-0.05, 0) is 48.4 Å². The Kier molecular flexibility index (Phi) is 4.20. The van der Waals surface area contributed by atoms with Crippen LogP contribution in [0.4, 0.5) is 5.82 Å². The summed E-state index contributed by atoms with van der Waals surface area (Å²) in [6.45, 7) is 2.22. The summed E-state index contributed by atoms with van der Waals surface area (Å²) >= 11 is 0. The number of nitrogens with zero attached hydrogens (tertiary/aromatic N) is 2. The molecule has 0 saturated carbocycles. The number of nitrogens with two attached hydrogens (primary N) is 1. The highest BCUT2D eigenvalue weighted by Gasteiger charge is 2.25. The second-order valence-corrected chi connectivity index (χ2v) is 6.03. The number of benzene rings is 1. The van der Waals surface area contributed by atoms with E-state index < -0.39 is 0 Å². The van der Waals surface area contributed by atoms with Crippen molar-refractivity contribution in [2.75, 3.05) is 12.8 Å². The summed E-state index contributed by atoms with van der Waals surface area (Å²) in [5.41, 5.74) is 10.8. The van der Waals surface area contributed by atoms with Gasteiger partial charge in [0.25, 0.3) is 0 Å². The summed E-state index contributed by atoms with van der Waals surface area (Å²) in [5.74, 6) is 1.79. The molecular formula is C19H21N3O. The van der Waals surface area contributed by atoms with E-state index in [0.29, 0.717) is 17.3 Å². The van der Waals surface area contributed by atoms with Crippen LogP contribution in [0.2, 0.25) is 0 Å². The first-order valence-electron chi connectivity index (χ1n) is 8.03. The van der Waals surface area contributed by atoms with Crippen molar-refractivity contribution in [3.8, 4) is 22.9 Å². The van der Waals surface area contributed by atoms with Crippen LogP contribution in [0.15, 0.2) is 24.3 Å². The molecule has 1 unspecified atom stereocenters. The summed E-state index contributed by atoms with van der Waals surface area (Å²) in [6.07, 6.45) is 4.19. The van der Waals surface area contributed by atoms with E-state index in [0.717, 1.165) is 48.3 Å². The standard InChI is InChI=1S/C19H21N3O/c1-3-12-4-9-17-15(10-12)18(16(11-20)19(21)22-17)13-5-7-14(23-2)8-6-13/h5-8,12H,3-4,9-10H2,1-2H3,(H2,21,22). The predicted octanol–water partition coefficient (Wildman–Crippen LogP) is 3.73. The molecule has 0 aliphatic heterocycles.